The summed E-state index contributed by atoms with van der Waals surface area (Å²) in [6.07, 6.45) is 1.45. The Morgan fingerprint density at radius 3 is 2.42 bits per heavy atom. The number of amides is 1. The number of nitrogens with zero attached hydrogens (tertiary/aromatic N) is 1. The van der Waals surface area contributed by atoms with Crippen molar-refractivity contribution in [2.24, 2.45) is 11.3 Å². The standard InChI is InChI=1S/C22H15Cl4FN2O2/c23-14-4-2-12(8-13(14)17(30)9-21(10-28)5-6-21)29-20(31)19-18(22(19,25)26)11-1-3-15(24)16(27)7-11/h1-4,7-8,18-19H,5-6,9H2,(H,29,31). The molecular formula is C22H15Cl4FN2O2. The molecule has 2 aromatic rings. The monoisotopic (exact) mass is 498 g/mol. The number of rotatable bonds is 6. The van der Waals surface area contributed by atoms with Crippen molar-refractivity contribution in [2.75, 3.05) is 5.32 Å². The number of anilines is 1. The van der Waals surface area contributed by atoms with Crippen LogP contribution in [-0.4, -0.2) is 16.0 Å². The number of nitrogens with one attached hydrogen (secondary N) is 1. The highest BCUT2D eigenvalue weighted by Gasteiger charge is 2.67. The molecule has 2 atom stereocenters. The fourth-order valence-corrected chi connectivity index (χ4v) is 4.86. The Labute approximate surface area is 198 Å². The smallest absolute Gasteiger partial charge is 0.231 e. The van der Waals surface area contributed by atoms with Gasteiger partial charge in [0.25, 0.3) is 0 Å². The van der Waals surface area contributed by atoms with Crippen molar-refractivity contribution < 1.29 is 14.0 Å². The summed E-state index contributed by atoms with van der Waals surface area (Å²) in [7, 11) is 0. The van der Waals surface area contributed by atoms with E-state index in [1.165, 1.54) is 24.3 Å². The molecule has 2 aliphatic carbocycles. The van der Waals surface area contributed by atoms with Gasteiger partial charge >= 0.3 is 0 Å². The molecule has 31 heavy (non-hydrogen) atoms. The quantitative estimate of drug-likeness (QED) is 0.362. The number of alkyl halides is 2. The first-order valence-corrected chi connectivity index (χ1v) is 11.0. The van der Waals surface area contributed by atoms with Crippen LogP contribution in [0.3, 0.4) is 0 Å². The zero-order valence-electron chi connectivity index (χ0n) is 15.9. The first kappa shape index (κ1) is 22.4. The third-order valence-electron chi connectivity index (χ3n) is 5.76. The van der Waals surface area contributed by atoms with Gasteiger partial charge in [0.1, 0.15) is 10.2 Å². The van der Waals surface area contributed by atoms with Gasteiger partial charge in [0.2, 0.25) is 5.91 Å². The third kappa shape index (κ3) is 4.27. The van der Waals surface area contributed by atoms with Crippen molar-refractivity contribution in [3.63, 3.8) is 0 Å². The zero-order valence-corrected chi connectivity index (χ0v) is 18.9. The van der Waals surface area contributed by atoms with Gasteiger partial charge in [0.15, 0.2) is 5.78 Å². The summed E-state index contributed by atoms with van der Waals surface area (Å²) in [5, 5.41) is 12.1. The minimum Gasteiger partial charge on any atom is -0.326 e. The lowest BCUT2D eigenvalue weighted by molar-refractivity contribution is -0.117. The third-order valence-corrected chi connectivity index (χ3v) is 7.34. The number of hydrogen-bond acceptors (Lipinski definition) is 3. The highest BCUT2D eigenvalue weighted by Crippen LogP contribution is 2.65. The molecule has 2 saturated carbocycles. The van der Waals surface area contributed by atoms with Crippen molar-refractivity contribution in [3.8, 4) is 6.07 Å². The van der Waals surface area contributed by atoms with Crippen molar-refractivity contribution in [1.82, 2.24) is 0 Å². The van der Waals surface area contributed by atoms with Crippen LogP contribution in [0.5, 0.6) is 0 Å². The van der Waals surface area contributed by atoms with Crippen LogP contribution in [0.4, 0.5) is 10.1 Å². The van der Waals surface area contributed by atoms with Crippen LogP contribution in [0.2, 0.25) is 10.0 Å². The molecule has 2 aromatic carbocycles. The van der Waals surface area contributed by atoms with Crippen LogP contribution in [0.1, 0.15) is 41.1 Å². The Bertz CT molecular complexity index is 1140. The second-order valence-electron chi connectivity index (χ2n) is 7.98. The largest absolute Gasteiger partial charge is 0.326 e. The number of carbonyl (C=O) groups excluding carboxylic acids is 2. The molecule has 0 aliphatic heterocycles. The molecule has 0 heterocycles. The lowest BCUT2D eigenvalue weighted by Crippen LogP contribution is -2.17. The van der Waals surface area contributed by atoms with E-state index in [4.69, 9.17) is 46.4 Å². The summed E-state index contributed by atoms with van der Waals surface area (Å²) in [5.41, 5.74) is 0.434. The van der Waals surface area contributed by atoms with Crippen molar-refractivity contribution in [1.29, 1.82) is 5.26 Å². The molecule has 1 N–H and O–H groups in total. The highest BCUT2D eigenvalue weighted by molar-refractivity contribution is 6.53. The van der Waals surface area contributed by atoms with Gasteiger partial charge < -0.3 is 5.32 Å². The molecule has 4 nitrogen and oxygen atoms in total. The number of ketones is 1. The molecule has 0 radical (unpaired) electrons. The number of carbonyl (C=O) groups is 2. The topological polar surface area (TPSA) is 70.0 Å². The predicted molar refractivity (Wildman–Crippen MR) is 118 cm³/mol. The fraction of sp³-hybridized carbons (Fsp3) is 0.318. The SMILES string of the molecule is N#CC1(CC(=O)c2cc(NC(=O)C3C(c4ccc(Cl)c(F)c4)C3(Cl)Cl)ccc2Cl)CC1. The van der Waals surface area contributed by atoms with E-state index in [1.54, 1.807) is 12.1 Å². The van der Waals surface area contributed by atoms with E-state index < -0.39 is 33.3 Å². The normalized spacial score (nSPS) is 22.3. The molecule has 0 saturated heterocycles. The summed E-state index contributed by atoms with van der Waals surface area (Å²) in [4.78, 5) is 25.4. The molecule has 0 aromatic heterocycles. The first-order chi connectivity index (χ1) is 14.6. The first-order valence-electron chi connectivity index (χ1n) is 9.46. The number of Topliss-reactive ketones (excluding diaryl/α,β-unsaturated/α-hetero) is 1. The second kappa shape index (κ2) is 7.94. The van der Waals surface area contributed by atoms with Gasteiger partial charge in [-0.05, 0) is 48.7 Å². The van der Waals surface area contributed by atoms with Crippen LogP contribution < -0.4 is 5.32 Å². The summed E-state index contributed by atoms with van der Waals surface area (Å²) in [6, 6.07) is 10.9. The molecular weight excluding hydrogens is 485 g/mol. The number of hydrogen-bond donors (Lipinski definition) is 1. The molecule has 2 fully saturated rings. The van der Waals surface area contributed by atoms with Crippen LogP contribution in [0.25, 0.3) is 0 Å². The van der Waals surface area contributed by atoms with Gasteiger partial charge in [-0.1, -0.05) is 29.3 Å². The number of nitriles is 1. The average molecular weight is 500 g/mol. The maximum absolute atomic E-state index is 13.8. The number of benzene rings is 2. The van der Waals surface area contributed by atoms with Gasteiger partial charge in [-0.25, -0.2) is 4.39 Å². The molecule has 4 rings (SSSR count). The van der Waals surface area contributed by atoms with Crippen molar-refractivity contribution >= 4 is 63.8 Å². The molecule has 9 heteroatoms. The Hall–Kier alpha value is -1.84. The minimum absolute atomic E-state index is 0.0390. The molecule has 2 unspecified atom stereocenters. The van der Waals surface area contributed by atoms with E-state index in [2.05, 4.69) is 11.4 Å². The van der Waals surface area contributed by atoms with E-state index >= 15 is 0 Å². The van der Waals surface area contributed by atoms with E-state index in [9.17, 15) is 19.2 Å². The predicted octanol–water partition coefficient (Wildman–Crippen LogP) is 6.54. The summed E-state index contributed by atoms with van der Waals surface area (Å²) < 4.78 is 12.4. The molecule has 160 valence electrons. The van der Waals surface area contributed by atoms with Gasteiger partial charge in [-0.3, -0.25) is 9.59 Å². The lowest BCUT2D eigenvalue weighted by atomic mass is 9.96. The average Bonchev–Trinajstić information content (AvgIpc) is 3.60. The van der Waals surface area contributed by atoms with Crippen molar-refractivity contribution in [3.05, 3.63) is 63.4 Å². The summed E-state index contributed by atoms with van der Waals surface area (Å²) in [5.74, 6) is -2.78. The Kier molecular flexibility index (Phi) is 5.72. The fourth-order valence-electron chi connectivity index (χ4n) is 3.69. The Balaban J connectivity index is 1.50. The molecule has 2 aliphatic rings. The van der Waals surface area contributed by atoms with Gasteiger partial charge in [0, 0.05) is 23.6 Å². The number of halogens is 5. The van der Waals surface area contributed by atoms with Crippen LogP contribution in [-0.2, 0) is 4.79 Å². The van der Waals surface area contributed by atoms with E-state index in [1.807, 2.05) is 0 Å². The lowest BCUT2D eigenvalue weighted by Gasteiger charge is -2.10. The molecule has 0 bridgehead atoms. The van der Waals surface area contributed by atoms with E-state index in [0.29, 0.717) is 24.1 Å². The van der Waals surface area contributed by atoms with E-state index in [0.717, 1.165) is 0 Å². The molecule has 0 spiro atoms. The van der Waals surface area contributed by atoms with Crippen LogP contribution >= 0.6 is 46.4 Å². The van der Waals surface area contributed by atoms with Crippen LogP contribution in [0, 0.1) is 28.5 Å². The zero-order chi connectivity index (χ0) is 22.6. The molecule has 1 amide bonds. The van der Waals surface area contributed by atoms with Crippen molar-refractivity contribution in [2.45, 2.75) is 29.5 Å². The maximum Gasteiger partial charge on any atom is 0.231 e. The van der Waals surface area contributed by atoms with Gasteiger partial charge in [0.05, 0.1) is 27.4 Å². The summed E-state index contributed by atoms with van der Waals surface area (Å²) >= 11 is 24.5. The second-order valence-corrected chi connectivity index (χ2v) is 10.2. The summed E-state index contributed by atoms with van der Waals surface area (Å²) in [6.45, 7) is 0. The minimum atomic E-state index is -1.40. The van der Waals surface area contributed by atoms with Crippen LogP contribution in [0.15, 0.2) is 36.4 Å². The maximum atomic E-state index is 13.8. The Morgan fingerprint density at radius 2 is 1.81 bits per heavy atom. The van der Waals surface area contributed by atoms with Gasteiger partial charge in [-0.15, -0.1) is 23.2 Å². The highest BCUT2D eigenvalue weighted by atomic mass is 35.5. The van der Waals surface area contributed by atoms with Gasteiger partial charge in [-0.2, -0.15) is 5.26 Å². The van der Waals surface area contributed by atoms with E-state index in [-0.39, 0.29) is 27.8 Å². The Morgan fingerprint density at radius 1 is 1.13 bits per heavy atom.